The van der Waals surface area contributed by atoms with Gasteiger partial charge >= 0.3 is 0 Å². The first-order valence-corrected chi connectivity index (χ1v) is 12.4. The normalized spacial score (nSPS) is 17.2. The van der Waals surface area contributed by atoms with Gasteiger partial charge in [0.15, 0.2) is 9.84 Å². The Morgan fingerprint density at radius 1 is 0.971 bits per heavy atom. The number of aromatic nitrogens is 1. The summed E-state index contributed by atoms with van der Waals surface area (Å²) in [6.07, 6.45) is 1.89. The van der Waals surface area contributed by atoms with Crippen molar-refractivity contribution in [1.82, 2.24) is 9.88 Å². The number of sulfone groups is 1. The fraction of sp³-hybridized carbons (Fsp3) is 0.160. The molecule has 34 heavy (non-hydrogen) atoms. The molecule has 2 heterocycles. The predicted molar refractivity (Wildman–Crippen MR) is 123 cm³/mol. The fourth-order valence-corrected chi connectivity index (χ4v) is 5.99. The monoisotopic (exact) mass is 484 g/mol. The molecule has 9 heteroatoms. The maximum atomic E-state index is 14.6. The smallest absolute Gasteiger partial charge is 0.251 e. The van der Waals surface area contributed by atoms with Gasteiger partial charge in [-0.25, -0.2) is 21.6 Å². The SMILES string of the molecule is O=C(NC1CCS(=O)(=O)C1)c1ccc2c(-c3c(F)cccc3F)cn(-c3ccc(F)cc3)c2c1. The van der Waals surface area contributed by atoms with Crippen molar-refractivity contribution < 1.29 is 26.4 Å². The molecule has 1 unspecified atom stereocenters. The van der Waals surface area contributed by atoms with E-state index in [-0.39, 0.29) is 28.2 Å². The molecule has 174 valence electrons. The minimum Gasteiger partial charge on any atom is -0.348 e. The number of nitrogens with zero attached hydrogens (tertiary/aromatic N) is 1. The van der Waals surface area contributed by atoms with Crippen LogP contribution in [0.25, 0.3) is 27.7 Å². The molecule has 0 saturated carbocycles. The summed E-state index contributed by atoms with van der Waals surface area (Å²) in [7, 11) is -3.16. The summed E-state index contributed by atoms with van der Waals surface area (Å²) in [5.74, 6) is -2.43. The Bertz CT molecular complexity index is 1510. The predicted octanol–water partition coefficient (Wildman–Crippen LogP) is 4.63. The summed E-state index contributed by atoms with van der Waals surface area (Å²) in [6, 6.07) is 13.4. The third-order valence-electron chi connectivity index (χ3n) is 5.97. The average molecular weight is 484 g/mol. The number of fused-ring (bicyclic) bond motifs is 1. The van der Waals surface area contributed by atoms with Gasteiger partial charge in [-0.15, -0.1) is 0 Å². The van der Waals surface area contributed by atoms with Gasteiger partial charge in [-0.1, -0.05) is 12.1 Å². The van der Waals surface area contributed by atoms with Crippen LogP contribution in [0.4, 0.5) is 13.2 Å². The topological polar surface area (TPSA) is 68.2 Å². The first kappa shape index (κ1) is 22.2. The first-order valence-electron chi connectivity index (χ1n) is 10.6. The zero-order chi connectivity index (χ0) is 24.0. The highest BCUT2D eigenvalue weighted by Crippen LogP contribution is 2.36. The molecule has 0 bridgehead atoms. The average Bonchev–Trinajstić information content (AvgIpc) is 3.33. The van der Waals surface area contributed by atoms with Crippen LogP contribution in [0.3, 0.4) is 0 Å². The zero-order valence-corrected chi connectivity index (χ0v) is 18.6. The number of benzene rings is 3. The highest BCUT2D eigenvalue weighted by Gasteiger charge is 2.29. The van der Waals surface area contributed by atoms with Crippen molar-refractivity contribution in [2.75, 3.05) is 11.5 Å². The van der Waals surface area contributed by atoms with Crippen molar-refractivity contribution in [3.05, 3.63) is 89.9 Å². The van der Waals surface area contributed by atoms with Crippen LogP contribution in [0.15, 0.2) is 66.9 Å². The number of carbonyl (C=O) groups is 1. The van der Waals surface area contributed by atoms with Crippen LogP contribution < -0.4 is 5.32 Å². The molecular formula is C25H19F3N2O3S. The van der Waals surface area contributed by atoms with Crippen molar-refractivity contribution in [1.29, 1.82) is 0 Å². The number of nitrogens with one attached hydrogen (secondary N) is 1. The Kier molecular flexibility index (Phi) is 5.44. The molecule has 4 aromatic rings. The summed E-state index contributed by atoms with van der Waals surface area (Å²) in [5.41, 5.74) is 1.36. The molecule has 0 aliphatic carbocycles. The van der Waals surface area contributed by atoms with E-state index >= 15 is 0 Å². The van der Waals surface area contributed by atoms with Gasteiger partial charge in [0, 0.05) is 34.4 Å². The van der Waals surface area contributed by atoms with Gasteiger partial charge in [-0.2, -0.15) is 0 Å². The fourth-order valence-electron chi connectivity index (χ4n) is 4.32. The van der Waals surface area contributed by atoms with E-state index in [1.54, 1.807) is 22.9 Å². The van der Waals surface area contributed by atoms with E-state index < -0.39 is 39.2 Å². The van der Waals surface area contributed by atoms with Gasteiger partial charge in [0.05, 0.1) is 22.6 Å². The van der Waals surface area contributed by atoms with Crippen LogP contribution >= 0.6 is 0 Å². The number of hydrogen-bond acceptors (Lipinski definition) is 3. The van der Waals surface area contributed by atoms with Gasteiger partial charge in [0.2, 0.25) is 0 Å². The Morgan fingerprint density at radius 3 is 2.32 bits per heavy atom. The molecule has 5 nitrogen and oxygen atoms in total. The van der Waals surface area contributed by atoms with Crippen LogP contribution in [-0.4, -0.2) is 36.4 Å². The molecule has 1 fully saturated rings. The van der Waals surface area contributed by atoms with Crippen LogP contribution in [-0.2, 0) is 9.84 Å². The zero-order valence-electron chi connectivity index (χ0n) is 17.8. The Balaban J connectivity index is 1.63. The minimum absolute atomic E-state index is 0.0297. The van der Waals surface area contributed by atoms with Gasteiger partial charge in [0.25, 0.3) is 5.91 Å². The number of hydrogen-bond donors (Lipinski definition) is 1. The van der Waals surface area contributed by atoms with Crippen LogP contribution in [0.1, 0.15) is 16.8 Å². The highest BCUT2D eigenvalue weighted by molar-refractivity contribution is 7.91. The van der Waals surface area contributed by atoms with E-state index in [0.717, 1.165) is 12.1 Å². The maximum Gasteiger partial charge on any atom is 0.251 e. The second kappa shape index (κ2) is 8.32. The summed E-state index contributed by atoms with van der Waals surface area (Å²) in [6.45, 7) is 0. The van der Waals surface area contributed by atoms with E-state index in [9.17, 15) is 26.4 Å². The maximum absolute atomic E-state index is 14.6. The van der Waals surface area contributed by atoms with Crippen LogP contribution in [0, 0.1) is 17.5 Å². The molecule has 5 rings (SSSR count). The molecule has 3 aromatic carbocycles. The summed E-state index contributed by atoms with van der Waals surface area (Å²) in [5, 5.41) is 3.24. The van der Waals surface area contributed by atoms with Crippen LogP contribution in [0.5, 0.6) is 0 Å². The lowest BCUT2D eigenvalue weighted by Crippen LogP contribution is -2.35. The molecule has 1 aliphatic heterocycles. The van der Waals surface area contributed by atoms with Gasteiger partial charge in [-0.05, 0) is 55.0 Å². The van der Waals surface area contributed by atoms with Crippen molar-refractivity contribution >= 4 is 26.6 Å². The quantitative estimate of drug-likeness (QED) is 0.459. The summed E-state index contributed by atoms with van der Waals surface area (Å²) >= 11 is 0. The number of halogens is 3. The van der Waals surface area contributed by atoms with Gasteiger partial charge < -0.3 is 9.88 Å². The van der Waals surface area contributed by atoms with Crippen molar-refractivity contribution in [2.24, 2.45) is 0 Å². The molecule has 1 N–H and O–H groups in total. The van der Waals surface area contributed by atoms with E-state index in [0.29, 0.717) is 23.0 Å². The van der Waals surface area contributed by atoms with Crippen LogP contribution in [0.2, 0.25) is 0 Å². The molecule has 1 saturated heterocycles. The molecule has 1 atom stereocenters. The second-order valence-electron chi connectivity index (χ2n) is 8.29. The van der Waals surface area contributed by atoms with Crippen molar-refractivity contribution in [2.45, 2.75) is 12.5 Å². The van der Waals surface area contributed by atoms with Crippen molar-refractivity contribution in [3.63, 3.8) is 0 Å². The Morgan fingerprint density at radius 2 is 1.68 bits per heavy atom. The molecule has 0 spiro atoms. The third kappa shape index (κ3) is 4.07. The largest absolute Gasteiger partial charge is 0.348 e. The minimum atomic E-state index is -3.16. The molecule has 1 amide bonds. The lowest BCUT2D eigenvalue weighted by Gasteiger charge is -2.12. The van der Waals surface area contributed by atoms with E-state index in [4.69, 9.17) is 0 Å². The van der Waals surface area contributed by atoms with E-state index in [1.807, 2.05) is 0 Å². The van der Waals surface area contributed by atoms with Gasteiger partial charge in [0.1, 0.15) is 17.5 Å². The number of rotatable bonds is 4. The van der Waals surface area contributed by atoms with E-state index in [2.05, 4.69) is 5.32 Å². The summed E-state index contributed by atoms with van der Waals surface area (Å²) in [4.78, 5) is 12.8. The van der Waals surface area contributed by atoms with Crippen molar-refractivity contribution in [3.8, 4) is 16.8 Å². The molecule has 1 aliphatic rings. The highest BCUT2D eigenvalue weighted by atomic mass is 32.2. The number of carbonyl (C=O) groups excluding carboxylic acids is 1. The summed E-state index contributed by atoms with van der Waals surface area (Å²) < 4.78 is 67.8. The molecule has 0 radical (unpaired) electrons. The lowest BCUT2D eigenvalue weighted by molar-refractivity contribution is 0.0941. The Hall–Kier alpha value is -3.59. The van der Waals surface area contributed by atoms with E-state index in [1.165, 1.54) is 36.4 Å². The number of amides is 1. The lowest BCUT2D eigenvalue weighted by atomic mass is 10.0. The van der Waals surface area contributed by atoms with Gasteiger partial charge in [-0.3, -0.25) is 4.79 Å². The third-order valence-corrected chi connectivity index (χ3v) is 7.74. The molecule has 1 aromatic heterocycles. The molecular weight excluding hydrogens is 465 g/mol. The Labute approximate surface area is 193 Å². The first-order chi connectivity index (χ1) is 16.2. The second-order valence-corrected chi connectivity index (χ2v) is 10.5. The standard InChI is InChI=1S/C25H19F3N2O3S/c26-16-5-7-18(8-6-16)30-13-20(24-21(27)2-1-3-22(24)28)19-9-4-15(12-23(19)30)25(31)29-17-10-11-34(32,33)14-17/h1-9,12-13,17H,10-11,14H2,(H,29,31).